The Balaban J connectivity index is 3.16. The van der Waals surface area contributed by atoms with Crippen molar-refractivity contribution in [2.75, 3.05) is 13.2 Å². The quantitative estimate of drug-likeness (QED) is 0.359. The fourth-order valence-corrected chi connectivity index (χ4v) is 0.283. The van der Waals surface area contributed by atoms with Crippen LogP contribution in [0.1, 0.15) is 0 Å². The van der Waals surface area contributed by atoms with Gasteiger partial charge in [0, 0.05) is 6.54 Å². The van der Waals surface area contributed by atoms with E-state index < -0.39 is 12.1 Å². The van der Waals surface area contributed by atoms with Gasteiger partial charge in [-0.05, 0) is 0 Å². The molecule has 0 aliphatic rings. The number of carbonyl (C=O) groups is 1. The summed E-state index contributed by atoms with van der Waals surface area (Å²) in [6.45, 7) is -0.383. The molecule has 0 radical (unpaired) electrons. The van der Waals surface area contributed by atoms with E-state index >= 15 is 0 Å². The fourth-order valence-electron chi connectivity index (χ4n) is 0.283. The fraction of sp³-hybridized carbons (Fsp3) is 0.750. The van der Waals surface area contributed by atoms with E-state index in [0.29, 0.717) is 0 Å². The Morgan fingerprint density at radius 2 is 2.33 bits per heavy atom. The summed E-state index contributed by atoms with van der Waals surface area (Å²) in [5.41, 5.74) is 4.65. The molecule has 2 amide bonds. The first-order chi connectivity index (χ1) is 4.16. The number of nitrogens with one attached hydrogen (secondary N) is 1. The van der Waals surface area contributed by atoms with Crippen molar-refractivity contribution < 1.29 is 15.0 Å². The molecule has 0 heterocycles. The molecule has 0 aromatic carbocycles. The highest BCUT2D eigenvalue weighted by Gasteiger charge is 2.00. The SMILES string of the molecule is NC(=O)NC[C@H](O)CO. The molecule has 0 spiro atoms. The Kier molecular flexibility index (Phi) is 3.74. The first kappa shape index (κ1) is 8.19. The largest absolute Gasteiger partial charge is 0.394 e. The summed E-state index contributed by atoms with van der Waals surface area (Å²) in [4.78, 5) is 9.94. The molecule has 5 heteroatoms. The first-order valence-corrected chi connectivity index (χ1v) is 2.49. The number of aliphatic hydroxyl groups is 2. The Hall–Kier alpha value is -0.810. The molecule has 0 saturated heterocycles. The van der Waals surface area contributed by atoms with Crippen LogP contribution in [0.25, 0.3) is 0 Å². The standard InChI is InChI=1S/C4H10N2O3/c5-4(9)6-1-3(8)2-7/h3,7-8H,1-2H2,(H3,5,6,9)/t3-/m0/s1. The molecule has 0 aromatic rings. The van der Waals surface area contributed by atoms with Crippen LogP contribution < -0.4 is 11.1 Å². The van der Waals surface area contributed by atoms with E-state index in [-0.39, 0.29) is 13.2 Å². The van der Waals surface area contributed by atoms with Crippen molar-refractivity contribution in [3.63, 3.8) is 0 Å². The lowest BCUT2D eigenvalue weighted by molar-refractivity contribution is 0.0963. The van der Waals surface area contributed by atoms with E-state index in [1.54, 1.807) is 0 Å². The molecule has 0 fully saturated rings. The molecule has 54 valence electrons. The van der Waals surface area contributed by atoms with E-state index in [2.05, 4.69) is 11.1 Å². The van der Waals surface area contributed by atoms with E-state index in [4.69, 9.17) is 10.2 Å². The first-order valence-electron chi connectivity index (χ1n) is 2.49. The van der Waals surface area contributed by atoms with Gasteiger partial charge in [0.25, 0.3) is 0 Å². The van der Waals surface area contributed by atoms with Crippen LogP contribution in [-0.4, -0.2) is 35.5 Å². The van der Waals surface area contributed by atoms with Gasteiger partial charge in [-0.15, -0.1) is 0 Å². The molecule has 5 N–H and O–H groups in total. The molecule has 5 nitrogen and oxygen atoms in total. The minimum absolute atomic E-state index is 0.00810. The van der Waals surface area contributed by atoms with Crippen LogP contribution in [0.4, 0.5) is 4.79 Å². The second kappa shape index (κ2) is 4.11. The monoisotopic (exact) mass is 134 g/mol. The third kappa shape index (κ3) is 5.05. The summed E-state index contributed by atoms with van der Waals surface area (Å²) < 4.78 is 0. The Labute approximate surface area is 52.5 Å². The molecule has 0 aliphatic heterocycles. The summed E-state index contributed by atoms with van der Waals surface area (Å²) in [6.07, 6.45) is -0.919. The van der Waals surface area contributed by atoms with Crippen molar-refractivity contribution in [1.82, 2.24) is 5.32 Å². The van der Waals surface area contributed by atoms with Crippen molar-refractivity contribution >= 4 is 6.03 Å². The molecule has 0 bridgehead atoms. The van der Waals surface area contributed by atoms with Crippen molar-refractivity contribution in [3.05, 3.63) is 0 Å². The summed E-state index contributed by atoms with van der Waals surface area (Å²) >= 11 is 0. The molecule has 0 saturated carbocycles. The third-order valence-electron chi connectivity index (χ3n) is 0.723. The minimum Gasteiger partial charge on any atom is -0.394 e. The van der Waals surface area contributed by atoms with Gasteiger partial charge in [-0.3, -0.25) is 0 Å². The van der Waals surface area contributed by atoms with Crippen molar-refractivity contribution in [2.45, 2.75) is 6.10 Å². The average Bonchev–Trinajstić information content (AvgIpc) is 1.83. The lowest BCUT2D eigenvalue weighted by Gasteiger charge is -2.05. The lowest BCUT2D eigenvalue weighted by Crippen LogP contribution is -2.37. The third-order valence-corrected chi connectivity index (χ3v) is 0.723. The van der Waals surface area contributed by atoms with Crippen LogP contribution in [0.5, 0.6) is 0 Å². The molecule has 9 heavy (non-hydrogen) atoms. The molecule has 1 atom stereocenters. The van der Waals surface area contributed by atoms with Gasteiger partial charge in [-0.2, -0.15) is 0 Å². The van der Waals surface area contributed by atoms with Gasteiger partial charge in [-0.1, -0.05) is 0 Å². The predicted molar refractivity (Wildman–Crippen MR) is 30.7 cm³/mol. The lowest BCUT2D eigenvalue weighted by atomic mass is 10.4. The number of aliphatic hydroxyl groups excluding tert-OH is 2. The van der Waals surface area contributed by atoms with E-state index in [0.717, 1.165) is 0 Å². The van der Waals surface area contributed by atoms with Crippen LogP contribution in [0.3, 0.4) is 0 Å². The number of amides is 2. The van der Waals surface area contributed by atoms with Gasteiger partial charge in [0.1, 0.15) is 0 Å². The normalized spacial score (nSPS) is 12.7. The highest BCUT2D eigenvalue weighted by Crippen LogP contribution is 1.74. The predicted octanol–water partition coefficient (Wildman–Crippen LogP) is -1.99. The second-order valence-electron chi connectivity index (χ2n) is 1.58. The van der Waals surface area contributed by atoms with Crippen LogP contribution in [-0.2, 0) is 0 Å². The van der Waals surface area contributed by atoms with Gasteiger partial charge >= 0.3 is 6.03 Å². The van der Waals surface area contributed by atoms with E-state index in [1.165, 1.54) is 0 Å². The zero-order valence-electron chi connectivity index (χ0n) is 4.87. The van der Waals surface area contributed by atoms with Crippen molar-refractivity contribution in [1.29, 1.82) is 0 Å². The van der Waals surface area contributed by atoms with Gasteiger partial charge in [0.15, 0.2) is 0 Å². The molecule has 0 rings (SSSR count). The number of hydrogen-bond donors (Lipinski definition) is 4. The Bertz CT molecular complexity index is 95.8. The van der Waals surface area contributed by atoms with Gasteiger partial charge in [0.2, 0.25) is 0 Å². The number of hydrogen-bond acceptors (Lipinski definition) is 3. The minimum atomic E-state index is -0.919. The maximum absolute atomic E-state index is 9.94. The van der Waals surface area contributed by atoms with E-state index in [9.17, 15) is 4.79 Å². The number of carbonyl (C=O) groups excluding carboxylic acids is 1. The van der Waals surface area contributed by atoms with Crippen LogP contribution in [0.15, 0.2) is 0 Å². The Morgan fingerprint density at radius 3 is 2.67 bits per heavy atom. The summed E-state index contributed by atoms with van der Waals surface area (Å²) in [6, 6.07) is -0.706. The summed E-state index contributed by atoms with van der Waals surface area (Å²) in [7, 11) is 0. The second-order valence-corrected chi connectivity index (χ2v) is 1.58. The molecule has 0 aromatic heterocycles. The highest BCUT2D eigenvalue weighted by molar-refractivity contribution is 5.71. The summed E-state index contributed by atoms with van der Waals surface area (Å²) in [5.74, 6) is 0. The van der Waals surface area contributed by atoms with Crippen LogP contribution in [0.2, 0.25) is 0 Å². The average molecular weight is 134 g/mol. The van der Waals surface area contributed by atoms with Crippen molar-refractivity contribution in [3.8, 4) is 0 Å². The van der Waals surface area contributed by atoms with Crippen LogP contribution >= 0.6 is 0 Å². The molecular formula is C4H10N2O3. The number of rotatable bonds is 3. The zero-order valence-corrected chi connectivity index (χ0v) is 4.87. The molecule has 0 aliphatic carbocycles. The zero-order chi connectivity index (χ0) is 7.28. The maximum atomic E-state index is 9.94. The highest BCUT2D eigenvalue weighted by atomic mass is 16.3. The van der Waals surface area contributed by atoms with Crippen LogP contribution in [0, 0.1) is 0 Å². The number of urea groups is 1. The Morgan fingerprint density at radius 1 is 1.78 bits per heavy atom. The van der Waals surface area contributed by atoms with E-state index in [1.807, 2.05) is 0 Å². The van der Waals surface area contributed by atoms with Gasteiger partial charge in [-0.25, -0.2) is 4.79 Å². The number of primary amides is 1. The number of nitrogens with two attached hydrogens (primary N) is 1. The molecular weight excluding hydrogens is 124 g/mol. The topological polar surface area (TPSA) is 95.6 Å². The van der Waals surface area contributed by atoms with Crippen molar-refractivity contribution in [2.24, 2.45) is 5.73 Å². The van der Waals surface area contributed by atoms with Gasteiger partial charge < -0.3 is 21.3 Å². The molecule has 0 unspecified atom stereocenters. The maximum Gasteiger partial charge on any atom is 0.312 e. The smallest absolute Gasteiger partial charge is 0.312 e. The van der Waals surface area contributed by atoms with Gasteiger partial charge in [0.05, 0.1) is 12.7 Å². The summed E-state index contributed by atoms with van der Waals surface area (Å²) in [5, 5.41) is 18.9.